The molecule has 5 heteroatoms. The lowest BCUT2D eigenvalue weighted by Crippen LogP contribution is -2.34. The summed E-state index contributed by atoms with van der Waals surface area (Å²) in [6, 6.07) is 14.8. The highest BCUT2D eigenvalue weighted by Crippen LogP contribution is 2.30. The van der Waals surface area contributed by atoms with Crippen molar-refractivity contribution in [1.82, 2.24) is 4.90 Å². The van der Waals surface area contributed by atoms with Gasteiger partial charge in [0.25, 0.3) is 0 Å². The van der Waals surface area contributed by atoms with Gasteiger partial charge >= 0.3 is 6.18 Å². The van der Waals surface area contributed by atoms with E-state index in [0.29, 0.717) is 18.7 Å². The Balaban J connectivity index is 1.77. The van der Waals surface area contributed by atoms with Gasteiger partial charge in [0.1, 0.15) is 0 Å². The second-order valence-electron chi connectivity index (χ2n) is 6.86. The van der Waals surface area contributed by atoms with Gasteiger partial charge in [-0.05, 0) is 36.1 Å². The topological polar surface area (TPSA) is 20.3 Å². The molecule has 0 saturated heterocycles. The van der Waals surface area contributed by atoms with E-state index in [9.17, 15) is 18.0 Å². The van der Waals surface area contributed by atoms with Crippen molar-refractivity contribution >= 4 is 5.91 Å². The number of hydrogen-bond acceptors (Lipinski definition) is 1. The molecule has 2 nitrogen and oxygen atoms in total. The highest BCUT2D eigenvalue weighted by Gasteiger charge is 2.30. The van der Waals surface area contributed by atoms with Crippen LogP contribution in [0.25, 0.3) is 0 Å². The van der Waals surface area contributed by atoms with Gasteiger partial charge in [0.2, 0.25) is 5.91 Å². The third-order valence-corrected chi connectivity index (χ3v) is 4.89. The molecule has 0 aromatic heterocycles. The summed E-state index contributed by atoms with van der Waals surface area (Å²) in [6.07, 6.45) is -0.415. The largest absolute Gasteiger partial charge is 0.416 e. The molecule has 138 valence electrons. The molecule has 26 heavy (non-hydrogen) atoms. The van der Waals surface area contributed by atoms with Crippen LogP contribution >= 0.6 is 0 Å². The van der Waals surface area contributed by atoms with Crippen LogP contribution < -0.4 is 0 Å². The van der Waals surface area contributed by atoms with Crippen molar-refractivity contribution in [3.8, 4) is 0 Å². The van der Waals surface area contributed by atoms with Crippen LogP contribution in [0.4, 0.5) is 13.2 Å². The number of amides is 1. The molecule has 0 heterocycles. The lowest BCUT2D eigenvalue weighted by Gasteiger charge is -2.26. The minimum Gasteiger partial charge on any atom is -0.334 e. The standard InChI is InChI=1S/C21H22F3NO/c22-21(23,24)19-12-10-17(11-13-19)15-25(14-16-6-2-1-3-7-16)20(26)18-8-4-5-9-18/h1-3,6-7,10-13,18H,4-5,8-9,14-15H2. The number of hydrogen-bond donors (Lipinski definition) is 0. The molecule has 3 rings (SSSR count). The fourth-order valence-corrected chi connectivity index (χ4v) is 3.47. The van der Waals surface area contributed by atoms with Gasteiger partial charge in [0.15, 0.2) is 0 Å². The van der Waals surface area contributed by atoms with E-state index in [-0.39, 0.29) is 11.8 Å². The third kappa shape index (κ3) is 4.65. The first-order valence-electron chi connectivity index (χ1n) is 8.92. The fraction of sp³-hybridized carbons (Fsp3) is 0.381. The molecule has 0 N–H and O–H groups in total. The molecule has 0 bridgehead atoms. The number of rotatable bonds is 5. The van der Waals surface area contributed by atoms with Gasteiger partial charge in [0.05, 0.1) is 5.56 Å². The highest BCUT2D eigenvalue weighted by molar-refractivity contribution is 5.79. The van der Waals surface area contributed by atoms with Crippen molar-refractivity contribution in [2.75, 3.05) is 0 Å². The van der Waals surface area contributed by atoms with E-state index in [0.717, 1.165) is 43.4 Å². The molecule has 1 fully saturated rings. The van der Waals surface area contributed by atoms with E-state index < -0.39 is 11.7 Å². The molecule has 0 radical (unpaired) electrons. The van der Waals surface area contributed by atoms with Gasteiger partial charge in [-0.2, -0.15) is 13.2 Å². The molecule has 1 aliphatic carbocycles. The first-order valence-corrected chi connectivity index (χ1v) is 8.92. The second kappa shape index (κ2) is 7.94. The summed E-state index contributed by atoms with van der Waals surface area (Å²) in [6.45, 7) is 0.791. The van der Waals surface area contributed by atoms with E-state index >= 15 is 0 Å². The number of carbonyl (C=O) groups is 1. The zero-order valence-corrected chi connectivity index (χ0v) is 14.5. The fourth-order valence-electron chi connectivity index (χ4n) is 3.47. The Morgan fingerprint density at radius 1 is 0.885 bits per heavy atom. The molecule has 1 amide bonds. The van der Waals surface area contributed by atoms with E-state index in [1.54, 1.807) is 4.90 Å². The summed E-state index contributed by atoms with van der Waals surface area (Å²) < 4.78 is 38.2. The van der Waals surface area contributed by atoms with Gasteiger partial charge < -0.3 is 4.90 Å². The van der Waals surface area contributed by atoms with Crippen molar-refractivity contribution in [3.05, 3.63) is 71.3 Å². The molecular weight excluding hydrogens is 339 g/mol. The average Bonchev–Trinajstić information content (AvgIpc) is 3.16. The molecular formula is C21H22F3NO. The van der Waals surface area contributed by atoms with Crippen LogP contribution in [0.1, 0.15) is 42.4 Å². The zero-order chi connectivity index (χ0) is 18.6. The van der Waals surface area contributed by atoms with E-state index in [4.69, 9.17) is 0 Å². The smallest absolute Gasteiger partial charge is 0.334 e. The molecule has 0 aliphatic heterocycles. The maximum atomic E-state index is 12.9. The number of benzene rings is 2. The van der Waals surface area contributed by atoms with Crippen molar-refractivity contribution in [1.29, 1.82) is 0 Å². The number of carbonyl (C=O) groups excluding carboxylic acids is 1. The quantitative estimate of drug-likeness (QED) is 0.696. The molecule has 0 unspecified atom stereocenters. The van der Waals surface area contributed by atoms with Crippen LogP contribution in [0.2, 0.25) is 0 Å². The molecule has 1 saturated carbocycles. The molecule has 0 spiro atoms. The Bertz CT molecular complexity index is 719. The van der Waals surface area contributed by atoms with Crippen LogP contribution in [0.15, 0.2) is 54.6 Å². The van der Waals surface area contributed by atoms with Crippen LogP contribution in [0.5, 0.6) is 0 Å². The van der Waals surface area contributed by atoms with Gasteiger partial charge in [-0.15, -0.1) is 0 Å². The third-order valence-electron chi connectivity index (χ3n) is 4.89. The Hall–Kier alpha value is -2.30. The average molecular weight is 361 g/mol. The van der Waals surface area contributed by atoms with Crippen LogP contribution in [0.3, 0.4) is 0 Å². The predicted octanol–water partition coefficient (Wildman–Crippen LogP) is 5.42. The Morgan fingerprint density at radius 3 is 1.96 bits per heavy atom. The van der Waals surface area contributed by atoms with Crippen LogP contribution in [0, 0.1) is 5.92 Å². The molecule has 1 aliphatic rings. The van der Waals surface area contributed by atoms with E-state index in [1.807, 2.05) is 30.3 Å². The number of alkyl halides is 3. The summed E-state index contributed by atoms with van der Waals surface area (Å²) in [7, 11) is 0. The molecule has 0 atom stereocenters. The van der Waals surface area contributed by atoms with Crippen LogP contribution in [-0.4, -0.2) is 10.8 Å². The minimum atomic E-state index is -4.35. The summed E-state index contributed by atoms with van der Waals surface area (Å²) >= 11 is 0. The molecule has 2 aromatic carbocycles. The first-order chi connectivity index (χ1) is 12.4. The normalized spacial score (nSPS) is 15.2. The SMILES string of the molecule is O=C(C1CCCC1)N(Cc1ccccc1)Cc1ccc(C(F)(F)F)cc1. The lowest BCUT2D eigenvalue weighted by molar-refractivity contribution is -0.138. The van der Waals surface area contributed by atoms with Crippen LogP contribution in [-0.2, 0) is 24.1 Å². The predicted molar refractivity (Wildman–Crippen MR) is 94.1 cm³/mol. The van der Waals surface area contributed by atoms with Gasteiger partial charge in [0, 0.05) is 19.0 Å². The number of halogens is 3. The monoisotopic (exact) mass is 361 g/mol. The van der Waals surface area contributed by atoms with E-state index in [2.05, 4.69) is 0 Å². The van der Waals surface area contributed by atoms with Gasteiger partial charge in [-0.1, -0.05) is 55.3 Å². The summed E-state index contributed by atoms with van der Waals surface area (Å²) in [4.78, 5) is 14.7. The highest BCUT2D eigenvalue weighted by atomic mass is 19.4. The number of nitrogens with zero attached hydrogens (tertiary/aromatic N) is 1. The van der Waals surface area contributed by atoms with Crippen molar-refractivity contribution in [2.24, 2.45) is 5.92 Å². The summed E-state index contributed by atoms with van der Waals surface area (Å²) in [5.41, 5.74) is 1.06. The van der Waals surface area contributed by atoms with Crippen molar-refractivity contribution < 1.29 is 18.0 Å². The zero-order valence-electron chi connectivity index (χ0n) is 14.5. The van der Waals surface area contributed by atoms with Crippen molar-refractivity contribution in [2.45, 2.75) is 44.9 Å². The van der Waals surface area contributed by atoms with Gasteiger partial charge in [-0.3, -0.25) is 4.79 Å². The second-order valence-corrected chi connectivity index (χ2v) is 6.86. The maximum absolute atomic E-state index is 12.9. The summed E-state index contributed by atoms with van der Waals surface area (Å²) in [5.74, 6) is 0.138. The minimum absolute atomic E-state index is 0.0353. The van der Waals surface area contributed by atoms with Gasteiger partial charge in [-0.25, -0.2) is 0 Å². The maximum Gasteiger partial charge on any atom is 0.416 e. The Labute approximate surface area is 151 Å². The summed E-state index contributed by atoms with van der Waals surface area (Å²) in [5, 5.41) is 0. The van der Waals surface area contributed by atoms with E-state index in [1.165, 1.54) is 12.1 Å². The first kappa shape index (κ1) is 18.5. The van der Waals surface area contributed by atoms with Crippen molar-refractivity contribution in [3.63, 3.8) is 0 Å². The lowest BCUT2D eigenvalue weighted by atomic mass is 10.0. The Morgan fingerprint density at radius 2 is 1.42 bits per heavy atom. The Kier molecular flexibility index (Phi) is 5.64. The molecule has 2 aromatic rings.